The maximum Gasteiger partial charge on any atom is 0.256 e. The molecule has 1 aliphatic rings. The van der Waals surface area contributed by atoms with Gasteiger partial charge >= 0.3 is 0 Å². The number of carbonyl (C=O) groups is 1. The van der Waals surface area contributed by atoms with Crippen LogP contribution in [0.25, 0.3) is 0 Å². The van der Waals surface area contributed by atoms with E-state index in [-0.39, 0.29) is 5.91 Å². The highest BCUT2D eigenvalue weighted by Gasteiger charge is 2.33. The number of halogens is 1. The average molecular weight is 268 g/mol. The van der Waals surface area contributed by atoms with Gasteiger partial charge in [0, 0.05) is 18.5 Å². The van der Waals surface area contributed by atoms with Crippen molar-refractivity contribution < 1.29 is 4.79 Å². The van der Waals surface area contributed by atoms with E-state index in [0.717, 1.165) is 24.2 Å². The van der Waals surface area contributed by atoms with Crippen LogP contribution >= 0.6 is 11.6 Å². The van der Waals surface area contributed by atoms with Crippen molar-refractivity contribution in [2.45, 2.75) is 39.2 Å². The molecule has 1 aliphatic carbocycles. The topological polar surface area (TPSA) is 46.1 Å². The molecule has 0 saturated heterocycles. The molecule has 0 radical (unpaired) electrons. The van der Waals surface area contributed by atoms with E-state index < -0.39 is 0 Å². The molecule has 1 fully saturated rings. The molecule has 0 aromatic carbocycles. The summed E-state index contributed by atoms with van der Waals surface area (Å²) in [6.45, 7) is 4.45. The number of hydrogen-bond donors (Lipinski definition) is 0. The minimum absolute atomic E-state index is 0.0491. The molecule has 1 aromatic rings. The summed E-state index contributed by atoms with van der Waals surface area (Å²) >= 11 is 5.78. The second-order valence-electron chi connectivity index (χ2n) is 4.62. The Kier molecular flexibility index (Phi) is 4.17. The first kappa shape index (κ1) is 13.3. The van der Waals surface area contributed by atoms with Crippen LogP contribution in [-0.4, -0.2) is 39.5 Å². The Labute approximate surface area is 112 Å². The summed E-state index contributed by atoms with van der Waals surface area (Å²) in [5.41, 5.74) is 2.23. The maximum atomic E-state index is 12.5. The average Bonchev–Trinajstić information content (AvgIpc) is 3.19. The molecule has 1 saturated carbocycles. The fourth-order valence-electron chi connectivity index (χ4n) is 2.04. The van der Waals surface area contributed by atoms with Crippen LogP contribution in [0, 0.1) is 6.92 Å². The number of rotatable bonds is 5. The fourth-order valence-corrected chi connectivity index (χ4v) is 2.22. The largest absolute Gasteiger partial charge is 0.334 e. The molecule has 98 valence electrons. The Morgan fingerprint density at radius 1 is 1.50 bits per heavy atom. The molecule has 0 bridgehead atoms. The van der Waals surface area contributed by atoms with Crippen molar-refractivity contribution in [2.75, 3.05) is 12.4 Å². The zero-order valence-corrected chi connectivity index (χ0v) is 11.6. The van der Waals surface area contributed by atoms with Crippen molar-refractivity contribution >= 4 is 17.5 Å². The molecule has 1 amide bonds. The third-order valence-corrected chi connectivity index (χ3v) is 3.30. The zero-order valence-electron chi connectivity index (χ0n) is 10.8. The third-order valence-electron chi connectivity index (χ3n) is 3.13. The second kappa shape index (κ2) is 5.65. The molecule has 4 nitrogen and oxygen atoms in total. The summed E-state index contributed by atoms with van der Waals surface area (Å²) in [5.74, 6) is 0.522. The molecular formula is C13H18ClN3O. The lowest BCUT2D eigenvalue weighted by Crippen LogP contribution is -2.35. The van der Waals surface area contributed by atoms with Gasteiger partial charge in [0.25, 0.3) is 5.91 Å². The van der Waals surface area contributed by atoms with Gasteiger partial charge in [0.05, 0.1) is 17.0 Å². The van der Waals surface area contributed by atoms with E-state index in [1.807, 2.05) is 24.8 Å². The van der Waals surface area contributed by atoms with Crippen LogP contribution in [0.1, 0.15) is 41.5 Å². The van der Waals surface area contributed by atoms with Gasteiger partial charge in [-0.2, -0.15) is 10.2 Å². The lowest BCUT2D eigenvalue weighted by atomic mass is 10.1. The molecule has 2 rings (SSSR count). The van der Waals surface area contributed by atoms with E-state index in [4.69, 9.17) is 11.6 Å². The molecule has 0 N–H and O–H groups in total. The van der Waals surface area contributed by atoms with Gasteiger partial charge in [-0.15, -0.1) is 11.6 Å². The molecule has 0 atom stereocenters. The Hall–Kier alpha value is -1.16. The van der Waals surface area contributed by atoms with Gasteiger partial charge in [0.2, 0.25) is 0 Å². The number of nitrogens with zero attached hydrogens (tertiary/aromatic N) is 3. The predicted molar refractivity (Wildman–Crippen MR) is 70.9 cm³/mol. The van der Waals surface area contributed by atoms with Crippen LogP contribution in [-0.2, 0) is 6.42 Å². The lowest BCUT2D eigenvalue weighted by molar-refractivity contribution is 0.0751. The minimum atomic E-state index is 0.0491. The van der Waals surface area contributed by atoms with E-state index in [1.165, 1.54) is 0 Å². The van der Waals surface area contributed by atoms with Crippen LogP contribution in [0.15, 0.2) is 6.07 Å². The number of aromatic nitrogens is 2. The van der Waals surface area contributed by atoms with E-state index in [9.17, 15) is 4.79 Å². The molecular weight excluding hydrogens is 250 g/mol. The molecule has 0 aliphatic heterocycles. The summed E-state index contributed by atoms with van der Waals surface area (Å²) in [6, 6.07) is 2.20. The highest BCUT2D eigenvalue weighted by atomic mass is 35.5. The van der Waals surface area contributed by atoms with Crippen molar-refractivity contribution in [3.05, 3.63) is 23.0 Å². The van der Waals surface area contributed by atoms with Crippen molar-refractivity contribution in [3.63, 3.8) is 0 Å². The zero-order chi connectivity index (χ0) is 13.1. The predicted octanol–water partition coefficient (Wildman–Crippen LogP) is 2.19. The Morgan fingerprint density at radius 2 is 2.22 bits per heavy atom. The van der Waals surface area contributed by atoms with E-state index in [0.29, 0.717) is 30.5 Å². The maximum absolute atomic E-state index is 12.5. The van der Waals surface area contributed by atoms with Crippen molar-refractivity contribution in [3.8, 4) is 0 Å². The van der Waals surface area contributed by atoms with Crippen LogP contribution in [0.3, 0.4) is 0 Å². The Bertz CT molecular complexity index is 446. The molecule has 0 unspecified atom stereocenters. The summed E-state index contributed by atoms with van der Waals surface area (Å²) < 4.78 is 0. The Balaban J connectivity index is 2.28. The quantitative estimate of drug-likeness (QED) is 0.769. The van der Waals surface area contributed by atoms with Crippen molar-refractivity contribution in [2.24, 2.45) is 0 Å². The standard InChI is InChI=1S/C13H18ClN3O/c1-3-12-11(8-9(2)15-16-12)13(18)17(7-6-14)10-4-5-10/h8,10H,3-7H2,1-2H3. The summed E-state index contributed by atoms with van der Waals surface area (Å²) in [4.78, 5) is 14.4. The summed E-state index contributed by atoms with van der Waals surface area (Å²) in [7, 11) is 0. The smallest absolute Gasteiger partial charge is 0.256 e. The number of alkyl halides is 1. The van der Waals surface area contributed by atoms with Crippen LogP contribution in [0.5, 0.6) is 0 Å². The van der Waals surface area contributed by atoms with Gasteiger partial charge in [0.15, 0.2) is 0 Å². The lowest BCUT2D eigenvalue weighted by Gasteiger charge is -2.22. The van der Waals surface area contributed by atoms with Crippen LogP contribution in [0.4, 0.5) is 0 Å². The third kappa shape index (κ3) is 2.80. The van der Waals surface area contributed by atoms with E-state index >= 15 is 0 Å². The van der Waals surface area contributed by atoms with E-state index in [1.54, 1.807) is 0 Å². The number of amides is 1. The number of aryl methyl sites for hydroxylation is 2. The van der Waals surface area contributed by atoms with Gasteiger partial charge in [-0.1, -0.05) is 6.92 Å². The van der Waals surface area contributed by atoms with Gasteiger partial charge in [-0.3, -0.25) is 4.79 Å². The first-order valence-corrected chi connectivity index (χ1v) is 6.91. The fraction of sp³-hybridized carbons (Fsp3) is 0.615. The molecule has 18 heavy (non-hydrogen) atoms. The van der Waals surface area contributed by atoms with Gasteiger partial charge in [-0.05, 0) is 32.3 Å². The van der Waals surface area contributed by atoms with Gasteiger partial charge in [-0.25, -0.2) is 0 Å². The number of carbonyl (C=O) groups excluding carboxylic acids is 1. The SMILES string of the molecule is CCc1nnc(C)cc1C(=O)N(CCCl)C1CC1. The molecule has 1 aromatic heterocycles. The number of hydrogen-bond acceptors (Lipinski definition) is 3. The summed E-state index contributed by atoms with van der Waals surface area (Å²) in [6.07, 6.45) is 2.89. The first-order chi connectivity index (χ1) is 8.67. The molecule has 1 heterocycles. The minimum Gasteiger partial charge on any atom is -0.334 e. The highest BCUT2D eigenvalue weighted by Crippen LogP contribution is 2.28. The normalized spacial score (nSPS) is 14.6. The second-order valence-corrected chi connectivity index (χ2v) is 5.00. The highest BCUT2D eigenvalue weighted by molar-refractivity contribution is 6.18. The first-order valence-electron chi connectivity index (χ1n) is 6.37. The molecule has 5 heteroatoms. The summed E-state index contributed by atoms with van der Waals surface area (Å²) in [5, 5.41) is 8.12. The monoisotopic (exact) mass is 267 g/mol. The van der Waals surface area contributed by atoms with Gasteiger partial charge < -0.3 is 4.90 Å². The van der Waals surface area contributed by atoms with Crippen molar-refractivity contribution in [1.29, 1.82) is 0 Å². The molecule has 0 spiro atoms. The Morgan fingerprint density at radius 3 is 2.78 bits per heavy atom. The van der Waals surface area contributed by atoms with Crippen LogP contribution < -0.4 is 0 Å². The van der Waals surface area contributed by atoms with Crippen LogP contribution in [0.2, 0.25) is 0 Å². The van der Waals surface area contributed by atoms with Gasteiger partial charge in [0.1, 0.15) is 0 Å². The van der Waals surface area contributed by atoms with Crippen molar-refractivity contribution in [1.82, 2.24) is 15.1 Å². The van der Waals surface area contributed by atoms with E-state index in [2.05, 4.69) is 10.2 Å².